The van der Waals surface area contributed by atoms with Crippen LogP contribution in [0.2, 0.25) is 0 Å². The van der Waals surface area contributed by atoms with Crippen LogP contribution < -0.4 is 4.74 Å². The Kier molecular flexibility index (Phi) is 4.52. The third-order valence-electron chi connectivity index (χ3n) is 5.09. The zero-order chi connectivity index (χ0) is 19.8. The fourth-order valence-corrected chi connectivity index (χ4v) is 3.42. The molecule has 9 heteroatoms. The van der Waals surface area contributed by atoms with Crippen molar-refractivity contribution in [2.75, 3.05) is 0 Å². The van der Waals surface area contributed by atoms with Crippen LogP contribution in [0.4, 0.5) is 13.2 Å². The van der Waals surface area contributed by atoms with Gasteiger partial charge < -0.3 is 9.26 Å². The normalized spacial score (nSPS) is 17.0. The van der Waals surface area contributed by atoms with Crippen molar-refractivity contribution in [3.8, 4) is 5.75 Å². The van der Waals surface area contributed by atoms with Crippen molar-refractivity contribution in [1.29, 1.82) is 0 Å². The number of benzene rings is 1. The number of hydrogen-bond acceptors (Lipinski definition) is 6. The number of ether oxygens (including phenoxy) is 1. The van der Waals surface area contributed by atoms with E-state index in [1.807, 2.05) is 6.92 Å². The molecule has 0 bridgehead atoms. The largest absolute Gasteiger partial charge is 0.573 e. The summed E-state index contributed by atoms with van der Waals surface area (Å²) in [7, 11) is 0. The van der Waals surface area contributed by atoms with Crippen molar-refractivity contribution in [2.45, 2.75) is 43.9 Å². The van der Waals surface area contributed by atoms with E-state index in [2.05, 4.69) is 24.8 Å². The van der Waals surface area contributed by atoms with Crippen molar-refractivity contribution >= 4 is 0 Å². The Morgan fingerprint density at radius 1 is 1.21 bits per heavy atom. The number of nitrogens with zero attached hydrogens (tertiary/aromatic N) is 4. The number of aromatic nitrogens is 4. The van der Waals surface area contributed by atoms with Gasteiger partial charge in [0, 0.05) is 18.6 Å². The minimum Gasteiger partial charge on any atom is -0.406 e. The summed E-state index contributed by atoms with van der Waals surface area (Å²) >= 11 is 0. The summed E-state index contributed by atoms with van der Waals surface area (Å²) in [5.41, 5.74) is 0.777. The highest BCUT2D eigenvalue weighted by Gasteiger charge is 2.46. The molecule has 146 valence electrons. The highest BCUT2D eigenvalue weighted by molar-refractivity contribution is 5.40. The van der Waals surface area contributed by atoms with Gasteiger partial charge in [-0.25, -0.2) is 0 Å². The number of rotatable bonds is 5. The maximum atomic E-state index is 12.6. The van der Waals surface area contributed by atoms with Gasteiger partial charge in [0.1, 0.15) is 5.75 Å². The van der Waals surface area contributed by atoms with E-state index in [0.29, 0.717) is 35.8 Å². The Morgan fingerprint density at radius 3 is 2.68 bits per heavy atom. The van der Waals surface area contributed by atoms with Gasteiger partial charge >= 0.3 is 6.36 Å². The number of hydrogen-bond donors (Lipinski definition) is 0. The van der Waals surface area contributed by atoms with E-state index in [1.165, 1.54) is 18.2 Å². The zero-order valence-corrected chi connectivity index (χ0v) is 15.0. The van der Waals surface area contributed by atoms with Crippen molar-refractivity contribution in [1.82, 2.24) is 20.1 Å². The van der Waals surface area contributed by atoms with Crippen LogP contribution in [0.1, 0.15) is 55.1 Å². The van der Waals surface area contributed by atoms with E-state index in [-0.39, 0.29) is 11.7 Å². The Hall–Kier alpha value is -2.97. The second kappa shape index (κ2) is 6.88. The summed E-state index contributed by atoms with van der Waals surface area (Å²) in [6.45, 7) is 1.89. The highest BCUT2D eigenvalue weighted by Crippen LogP contribution is 2.49. The molecule has 4 rings (SSSR count). The molecular formula is C19H17F3N4O2. The maximum Gasteiger partial charge on any atom is 0.573 e. The van der Waals surface area contributed by atoms with Gasteiger partial charge in [-0.3, -0.25) is 9.97 Å². The van der Waals surface area contributed by atoms with Gasteiger partial charge in [-0.2, -0.15) is 4.98 Å². The van der Waals surface area contributed by atoms with E-state index in [9.17, 15) is 13.2 Å². The second-order valence-electron chi connectivity index (χ2n) is 6.82. The number of halogens is 3. The van der Waals surface area contributed by atoms with Gasteiger partial charge in [-0.1, -0.05) is 23.7 Å². The van der Waals surface area contributed by atoms with E-state index in [0.717, 1.165) is 6.42 Å². The molecule has 2 heterocycles. The van der Waals surface area contributed by atoms with Gasteiger partial charge in [0.15, 0.2) is 5.82 Å². The Bertz CT molecular complexity index is 955. The van der Waals surface area contributed by atoms with Crippen LogP contribution >= 0.6 is 0 Å². The van der Waals surface area contributed by atoms with Crippen molar-refractivity contribution in [3.05, 3.63) is 65.8 Å². The molecule has 6 nitrogen and oxygen atoms in total. The van der Waals surface area contributed by atoms with Crippen LogP contribution in [0.25, 0.3) is 0 Å². The molecule has 2 aromatic heterocycles. The van der Waals surface area contributed by atoms with E-state index in [4.69, 9.17) is 4.52 Å². The topological polar surface area (TPSA) is 73.9 Å². The molecule has 1 aromatic carbocycles. The quantitative estimate of drug-likeness (QED) is 0.644. The first-order valence-corrected chi connectivity index (χ1v) is 8.84. The van der Waals surface area contributed by atoms with Crippen LogP contribution in [0, 0.1) is 0 Å². The molecule has 1 atom stereocenters. The molecule has 1 aliphatic rings. The maximum absolute atomic E-state index is 12.6. The summed E-state index contributed by atoms with van der Waals surface area (Å²) in [5, 5.41) is 4.08. The highest BCUT2D eigenvalue weighted by atomic mass is 19.4. The standard InChI is InChI=1S/C19H17F3N4O2/c1-12(15-11-23-8-9-24-15)16-25-17(28-26-16)18(6-3-7-18)13-4-2-5-14(10-13)27-19(20,21)22/h2,4-5,8-12H,3,6-7H2,1H3. The fraction of sp³-hybridized carbons (Fsp3) is 0.368. The summed E-state index contributed by atoms with van der Waals surface area (Å²) in [4.78, 5) is 12.9. The van der Waals surface area contributed by atoms with Crippen LogP contribution in [0.15, 0.2) is 47.4 Å². The van der Waals surface area contributed by atoms with E-state index in [1.54, 1.807) is 24.7 Å². The molecule has 0 aliphatic heterocycles. The molecule has 0 N–H and O–H groups in total. The van der Waals surface area contributed by atoms with Crippen LogP contribution in [0.5, 0.6) is 5.75 Å². The number of alkyl halides is 3. The minimum absolute atomic E-state index is 0.219. The molecular weight excluding hydrogens is 373 g/mol. The van der Waals surface area contributed by atoms with E-state index >= 15 is 0 Å². The zero-order valence-electron chi connectivity index (χ0n) is 15.0. The monoisotopic (exact) mass is 390 g/mol. The van der Waals surface area contributed by atoms with Crippen LogP contribution in [-0.2, 0) is 5.41 Å². The van der Waals surface area contributed by atoms with Crippen molar-refractivity contribution < 1.29 is 22.4 Å². The Balaban J connectivity index is 1.64. The lowest BCUT2D eigenvalue weighted by molar-refractivity contribution is -0.274. The molecule has 1 fully saturated rings. The summed E-state index contributed by atoms with van der Waals surface area (Å²) in [5.74, 6) is 0.380. The third-order valence-corrected chi connectivity index (χ3v) is 5.09. The first-order valence-electron chi connectivity index (χ1n) is 8.84. The predicted octanol–water partition coefficient (Wildman–Crippen LogP) is 4.38. The van der Waals surface area contributed by atoms with E-state index < -0.39 is 11.8 Å². The SMILES string of the molecule is CC(c1cnccn1)c1noc(C2(c3cccc(OC(F)(F)F)c3)CCC2)n1. The van der Waals surface area contributed by atoms with Gasteiger partial charge in [0.2, 0.25) is 5.89 Å². The lowest BCUT2D eigenvalue weighted by Gasteiger charge is -2.39. The lowest BCUT2D eigenvalue weighted by Crippen LogP contribution is -2.36. The third kappa shape index (κ3) is 3.44. The smallest absolute Gasteiger partial charge is 0.406 e. The summed E-state index contributed by atoms with van der Waals surface area (Å²) in [6, 6.07) is 5.97. The molecule has 3 aromatic rings. The molecule has 1 saturated carbocycles. The van der Waals surface area contributed by atoms with Gasteiger partial charge in [0.05, 0.1) is 17.0 Å². The van der Waals surface area contributed by atoms with Gasteiger partial charge in [-0.05, 0) is 37.5 Å². The lowest BCUT2D eigenvalue weighted by atomic mass is 9.64. The summed E-state index contributed by atoms with van der Waals surface area (Å²) < 4.78 is 47.3. The first kappa shape index (κ1) is 18.4. The predicted molar refractivity (Wildman–Crippen MR) is 91.6 cm³/mol. The molecule has 0 radical (unpaired) electrons. The van der Waals surface area contributed by atoms with Crippen LogP contribution in [0.3, 0.4) is 0 Å². The van der Waals surface area contributed by atoms with Gasteiger partial charge in [-0.15, -0.1) is 13.2 Å². The molecule has 0 spiro atoms. The average Bonchev–Trinajstić information content (AvgIpc) is 3.10. The van der Waals surface area contributed by atoms with Gasteiger partial charge in [0.25, 0.3) is 0 Å². The first-order chi connectivity index (χ1) is 13.4. The van der Waals surface area contributed by atoms with Crippen LogP contribution in [-0.4, -0.2) is 26.5 Å². The average molecular weight is 390 g/mol. The minimum atomic E-state index is -4.74. The molecule has 28 heavy (non-hydrogen) atoms. The molecule has 1 aliphatic carbocycles. The van der Waals surface area contributed by atoms with Crippen molar-refractivity contribution in [2.24, 2.45) is 0 Å². The Morgan fingerprint density at radius 2 is 2.04 bits per heavy atom. The molecule has 0 saturated heterocycles. The second-order valence-corrected chi connectivity index (χ2v) is 6.82. The molecule has 0 amide bonds. The molecule has 1 unspecified atom stereocenters. The Labute approximate surface area is 158 Å². The fourth-order valence-electron chi connectivity index (χ4n) is 3.42. The van der Waals surface area contributed by atoms with Crippen molar-refractivity contribution in [3.63, 3.8) is 0 Å². The summed E-state index contributed by atoms with van der Waals surface area (Å²) in [6.07, 6.45) is 2.41.